The van der Waals surface area contributed by atoms with E-state index in [1.807, 2.05) is 6.92 Å². The standard InChI is InChI=1S/C17H16/c1-4-5-16-12-17(11-8-14(16)3)15-9-6-13(2)7-10-15/h6-12H,1-3H3. The van der Waals surface area contributed by atoms with Crippen molar-refractivity contribution in [2.24, 2.45) is 0 Å². The smallest absolute Gasteiger partial charge is 0.0280 e. The van der Waals surface area contributed by atoms with Crippen molar-refractivity contribution in [1.82, 2.24) is 0 Å². The van der Waals surface area contributed by atoms with Gasteiger partial charge < -0.3 is 0 Å². The fraction of sp³-hybridized carbons (Fsp3) is 0.176. The highest BCUT2D eigenvalue weighted by Gasteiger charge is 2.00. The Morgan fingerprint density at radius 3 is 2.12 bits per heavy atom. The van der Waals surface area contributed by atoms with Gasteiger partial charge in [-0.25, -0.2) is 0 Å². The summed E-state index contributed by atoms with van der Waals surface area (Å²) in [6.45, 7) is 6.07. The Morgan fingerprint density at radius 1 is 0.824 bits per heavy atom. The molecule has 0 radical (unpaired) electrons. The molecule has 0 nitrogen and oxygen atoms in total. The first-order valence-corrected chi connectivity index (χ1v) is 5.81. The van der Waals surface area contributed by atoms with Crippen LogP contribution in [0.1, 0.15) is 23.6 Å². The summed E-state index contributed by atoms with van der Waals surface area (Å²) in [5.74, 6) is 6.11. The molecule has 17 heavy (non-hydrogen) atoms. The van der Waals surface area contributed by atoms with Gasteiger partial charge in [-0.2, -0.15) is 0 Å². The number of benzene rings is 2. The molecule has 0 N–H and O–H groups in total. The van der Waals surface area contributed by atoms with Gasteiger partial charge in [0.05, 0.1) is 0 Å². The summed E-state index contributed by atoms with van der Waals surface area (Å²) in [4.78, 5) is 0. The summed E-state index contributed by atoms with van der Waals surface area (Å²) in [6.07, 6.45) is 0. The molecule has 0 heterocycles. The zero-order valence-electron chi connectivity index (χ0n) is 10.5. The first kappa shape index (κ1) is 11.5. The highest BCUT2D eigenvalue weighted by Crippen LogP contribution is 2.22. The predicted octanol–water partition coefficient (Wildman–Crippen LogP) is 4.34. The summed E-state index contributed by atoms with van der Waals surface area (Å²) in [5.41, 5.74) is 6.11. The second-order valence-electron chi connectivity index (χ2n) is 4.27. The summed E-state index contributed by atoms with van der Waals surface area (Å²) < 4.78 is 0. The van der Waals surface area contributed by atoms with Crippen molar-refractivity contribution in [2.75, 3.05) is 0 Å². The molecule has 0 amide bonds. The Morgan fingerprint density at radius 2 is 1.47 bits per heavy atom. The van der Waals surface area contributed by atoms with Gasteiger partial charge in [0.1, 0.15) is 0 Å². The second kappa shape index (κ2) is 4.89. The van der Waals surface area contributed by atoms with E-state index in [4.69, 9.17) is 0 Å². The first-order valence-electron chi connectivity index (χ1n) is 5.81. The Balaban J connectivity index is 2.48. The Hall–Kier alpha value is -2.00. The molecular formula is C17H16. The van der Waals surface area contributed by atoms with Crippen molar-refractivity contribution < 1.29 is 0 Å². The third-order valence-corrected chi connectivity index (χ3v) is 2.88. The Kier molecular flexibility index (Phi) is 3.30. The van der Waals surface area contributed by atoms with Gasteiger partial charge in [-0.05, 0) is 43.5 Å². The fourth-order valence-electron chi connectivity index (χ4n) is 1.82. The van der Waals surface area contributed by atoms with E-state index in [2.05, 4.69) is 68.2 Å². The topological polar surface area (TPSA) is 0 Å². The van der Waals surface area contributed by atoms with Crippen LogP contribution < -0.4 is 0 Å². The molecule has 0 bridgehead atoms. The van der Waals surface area contributed by atoms with Crippen LogP contribution in [0.3, 0.4) is 0 Å². The molecular weight excluding hydrogens is 204 g/mol. The normalized spacial score (nSPS) is 9.59. The summed E-state index contributed by atoms with van der Waals surface area (Å²) in [6, 6.07) is 15.0. The second-order valence-corrected chi connectivity index (χ2v) is 4.27. The average Bonchev–Trinajstić information content (AvgIpc) is 2.33. The van der Waals surface area contributed by atoms with Crippen LogP contribution in [0.2, 0.25) is 0 Å². The quantitative estimate of drug-likeness (QED) is 0.627. The maximum atomic E-state index is 3.15. The Bertz CT molecular complexity index is 578. The molecule has 0 aliphatic heterocycles. The van der Waals surface area contributed by atoms with Gasteiger partial charge in [-0.3, -0.25) is 0 Å². The summed E-state index contributed by atoms with van der Waals surface area (Å²) in [5, 5.41) is 0. The zero-order valence-corrected chi connectivity index (χ0v) is 10.5. The number of hydrogen-bond acceptors (Lipinski definition) is 0. The molecule has 0 unspecified atom stereocenters. The molecule has 0 aliphatic carbocycles. The lowest BCUT2D eigenvalue weighted by molar-refractivity contribution is 1.42. The summed E-state index contributed by atoms with van der Waals surface area (Å²) in [7, 11) is 0. The third kappa shape index (κ3) is 2.57. The van der Waals surface area contributed by atoms with Crippen molar-refractivity contribution in [3.05, 3.63) is 59.2 Å². The average molecular weight is 220 g/mol. The Labute approximate surface area is 103 Å². The van der Waals surface area contributed by atoms with E-state index < -0.39 is 0 Å². The maximum Gasteiger partial charge on any atom is 0.0280 e. The SMILES string of the molecule is CC#Cc1cc(-c2ccc(C)cc2)ccc1C. The van der Waals surface area contributed by atoms with Crippen molar-refractivity contribution >= 4 is 0 Å². The minimum atomic E-state index is 1.12. The van der Waals surface area contributed by atoms with E-state index in [0.717, 1.165) is 5.56 Å². The number of aryl methyl sites for hydroxylation is 2. The fourth-order valence-corrected chi connectivity index (χ4v) is 1.82. The highest BCUT2D eigenvalue weighted by molar-refractivity contribution is 5.66. The van der Waals surface area contributed by atoms with Crippen LogP contribution in [0.15, 0.2) is 42.5 Å². The van der Waals surface area contributed by atoms with Gasteiger partial charge >= 0.3 is 0 Å². The third-order valence-electron chi connectivity index (χ3n) is 2.88. The van der Waals surface area contributed by atoms with E-state index in [9.17, 15) is 0 Å². The number of rotatable bonds is 1. The van der Waals surface area contributed by atoms with Gasteiger partial charge in [-0.1, -0.05) is 47.9 Å². The molecule has 2 aromatic rings. The molecule has 0 saturated heterocycles. The van der Waals surface area contributed by atoms with Crippen LogP contribution in [0.4, 0.5) is 0 Å². The lowest BCUT2D eigenvalue weighted by atomic mass is 9.99. The molecule has 0 spiro atoms. The zero-order chi connectivity index (χ0) is 12.3. The maximum absolute atomic E-state index is 3.15. The van der Waals surface area contributed by atoms with E-state index in [1.54, 1.807) is 0 Å². The van der Waals surface area contributed by atoms with E-state index in [0.29, 0.717) is 0 Å². The molecule has 84 valence electrons. The van der Waals surface area contributed by atoms with Gasteiger partial charge in [0, 0.05) is 5.56 Å². The van der Waals surface area contributed by atoms with Crippen LogP contribution in [-0.4, -0.2) is 0 Å². The predicted molar refractivity (Wildman–Crippen MR) is 73.9 cm³/mol. The van der Waals surface area contributed by atoms with Crippen LogP contribution in [-0.2, 0) is 0 Å². The lowest BCUT2D eigenvalue weighted by Crippen LogP contribution is -1.85. The molecule has 0 aromatic heterocycles. The van der Waals surface area contributed by atoms with Crippen molar-refractivity contribution in [3.63, 3.8) is 0 Å². The lowest BCUT2D eigenvalue weighted by Gasteiger charge is -2.05. The molecule has 0 fully saturated rings. The van der Waals surface area contributed by atoms with Crippen molar-refractivity contribution in [1.29, 1.82) is 0 Å². The van der Waals surface area contributed by atoms with Crippen LogP contribution in [0.25, 0.3) is 11.1 Å². The van der Waals surface area contributed by atoms with Gasteiger partial charge in [-0.15, -0.1) is 5.92 Å². The molecule has 0 atom stereocenters. The van der Waals surface area contributed by atoms with Gasteiger partial charge in [0.2, 0.25) is 0 Å². The van der Waals surface area contributed by atoms with E-state index in [1.165, 1.54) is 22.3 Å². The summed E-state index contributed by atoms with van der Waals surface area (Å²) >= 11 is 0. The van der Waals surface area contributed by atoms with E-state index in [-0.39, 0.29) is 0 Å². The van der Waals surface area contributed by atoms with Crippen LogP contribution in [0, 0.1) is 25.7 Å². The molecule has 0 saturated carbocycles. The van der Waals surface area contributed by atoms with Crippen LogP contribution in [0.5, 0.6) is 0 Å². The monoisotopic (exact) mass is 220 g/mol. The minimum absolute atomic E-state index is 1.12. The first-order chi connectivity index (χ1) is 8.20. The van der Waals surface area contributed by atoms with Crippen LogP contribution >= 0.6 is 0 Å². The van der Waals surface area contributed by atoms with Crippen molar-refractivity contribution in [3.8, 4) is 23.0 Å². The van der Waals surface area contributed by atoms with Crippen molar-refractivity contribution in [2.45, 2.75) is 20.8 Å². The molecule has 0 heteroatoms. The van der Waals surface area contributed by atoms with E-state index >= 15 is 0 Å². The molecule has 2 rings (SSSR count). The number of hydrogen-bond donors (Lipinski definition) is 0. The molecule has 2 aromatic carbocycles. The van der Waals surface area contributed by atoms with Gasteiger partial charge in [0.25, 0.3) is 0 Å². The highest BCUT2D eigenvalue weighted by atomic mass is 14.0. The largest absolute Gasteiger partial charge is 0.101 e. The minimum Gasteiger partial charge on any atom is -0.101 e. The molecule has 0 aliphatic rings. The van der Waals surface area contributed by atoms with Gasteiger partial charge in [0.15, 0.2) is 0 Å².